The fraction of sp³-hybridized carbons (Fsp3) is 0.900. The lowest BCUT2D eigenvalue weighted by atomic mass is 9.75. The van der Waals surface area contributed by atoms with Crippen molar-refractivity contribution >= 4 is 11.8 Å². The summed E-state index contributed by atoms with van der Waals surface area (Å²) in [4.78, 5) is 31.5. The molecule has 140 valence electrons. The molecule has 2 unspecified atom stereocenters. The van der Waals surface area contributed by atoms with Crippen LogP contribution in [-0.2, 0) is 9.59 Å². The molecule has 4 fully saturated rings. The van der Waals surface area contributed by atoms with Gasteiger partial charge < -0.3 is 9.80 Å². The Kier molecular flexibility index (Phi) is 4.78. The summed E-state index contributed by atoms with van der Waals surface area (Å²) in [5.74, 6) is 2.16. The van der Waals surface area contributed by atoms with Gasteiger partial charge in [-0.3, -0.25) is 14.5 Å². The standard InChI is InChI=1S/C20H33N3O2/c1-14(2)20(25)21-8-6-17(7-9-21)22-11-15-10-16(13-22)18-4-3-5-19(24)23(18)12-15/h14-18H,3-13H2,1-2H3/t15?,16?,18-/m1/s1. The summed E-state index contributed by atoms with van der Waals surface area (Å²) in [6.45, 7) is 9.13. The number of carbonyl (C=O) groups excluding carboxylic acids is 2. The van der Waals surface area contributed by atoms with Crippen molar-refractivity contribution in [2.75, 3.05) is 32.7 Å². The quantitative estimate of drug-likeness (QED) is 0.767. The Hall–Kier alpha value is -1.10. The van der Waals surface area contributed by atoms with Gasteiger partial charge in [-0.05, 0) is 43.9 Å². The number of rotatable bonds is 2. The van der Waals surface area contributed by atoms with Gasteiger partial charge in [-0.25, -0.2) is 0 Å². The second-order valence-electron chi connectivity index (χ2n) is 9.03. The van der Waals surface area contributed by atoms with Crippen LogP contribution < -0.4 is 0 Å². The lowest BCUT2D eigenvalue weighted by Crippen LogP contribution is -2.62. The molecular formula is C20H33N3O2. The Morgan fingerprint density at radius 3 is 2.56 bits per heavy atom. The number of nitrogens with zero attached hydrogens (tertiary/aromatic N) is 3. The first-order chi connectivity index (χ1) is 12.0. The normalized spacial score (nSPS) is 34.4. The van der Waals surface area contributed by atoms with Crippen LogP contribution in [0.2, 0.25) is 0 Å². The van der Waals surface area contributed by atoms with E-state index in [4.69, 9.17) is 0 Å². The molecule has 4 rings (SSSR count). The summed E-state index contributed by atoms with van der Waals surface area (Å²) in [5.41, 5.74) is 0. The van der Waals surface area contributed by atoms with Gasteiger partial charge in [0.15, 0.2) is 0 Å². The minimum absolute atomic E-state index is 0.112. The molecule has 0 N–H and O–H groups in total. The highest BCUT2D eigenvalue weighted by Gasteiger charge is 2.45. The number of carbonyl (C=O) groups is 2. The van der Waals surface area contributed by atoms with Gasteiger partial charge in [0.05, 0.1) is 0 Å². The van der Waals surface area contributed by atoms with Crippen molar-refractivity contribution in [3.8, 4) is 0 Å². The molecule has 2 amide bonds. The van der Waals surface area contributed by atoms with Crippen LogP contribution in [0.1, 0.15) is 52.4 Å². The molecule has 5 heteroatoms. The number of likely N-dealkylation sites (tertiary alicyclic amines) is 2. The van der Waals surface area contributed by atoms with Crippen LogP contribution in [0.5, 0.6) is 0 Å². The Bertz CT molecular complexity index is 527. The second kappa shape index (κ2) is 6.90. The number of piperidine rings is 4. The van der Waals surface area contributed by atoms with Gasteiger partial charge in [0.1, 0.15) is 0 Å². The second-order valence-corrected chi connectivity index (χ2v) is 9.03. The van der Waals surface area contributed by atoms with Gasteiger partial charge in [0.2, 0.25) is 11.8 Å². The zero-order valence-electron chi connectivity index (χ0n) is 15.8. The van der Waals surface area contributed by atoms with Crippen LogP contribution in [0, 0.1) is 17.8 Å². The van der Waals surface area contributed by atoms with Gasteiger partial charge in [-0.1, -0.05) is 13.8 Å². The summed E-state index contributed by atoms with van der Waals surface area (Å²) < 4.78 is 0. The lowest BCUT2D eigenvalue weighted by molar-refractivity contribution is -0.146. The van der Waals surface area contributed by atoms with E-state index < -0.39 is 0 Å². The Labute approximate surface area is 151 Å². The molecule has 0 spiro atoms. The topological polar surface area (TPSA) is 43.9 Å². The van der Waals surface area contributed by atoms with Crippen LogP contribution >= 0.6 is 0 Å². The van der Waals surface area contributed by atoms with Crippen LogP contribution in [0.3, 0.4) is 0 Å². The van der Waals surface area contributed by atoms with E-state index in [0.29, 0.717) is 35.7 Å². The minimum Gasteiger partial charge on any atom is -0.342 e. The molecular weight excluding hydrogens is 314 g/mol. The summed E-state index contributed by atoms with van der Waals surface area (Å²) in [6.07, 6.45) is 6.60. The Balaban J connectivity index is 1.36. The molecule has 4 aliphatic heterocycles. The molecule has 0 radical (unpaired) electrons. The monoisotopic (exact) mass is 347 g/mol. The van der Waals surface area contributed by atoms with E-state index in [0.717, 1.165) is 58.4 Å². The maximum atomic E-state index is 12.3. The van der Waals surface area contributed by atoms with E-state index >= 15 is 0 Å². The van der Waals surface area contributed by atoms with Crippen molar-refractivity contribution < 1.29 is 9.59 Å². The van der Waals surface area contributed by atoms with Crippen molar-refractivity contribution in [1.82, 2.24) is 14.7 Å². The molecule has 5 nitrogen and oxygen atoms in total. The first kappa shape index (κ1) is 17.3. The predicted octanol–water partition coefficient (Wildman–Crippen LogP) is 1.97. The van der Waals surface area contributed by atoms with Crippen molar-refractivity contribution in [3.63, 3.8) is 0 Å². The number of amides is 2. The summed E-state index contributed by atoms with van der Waals surface area (Å²) in [6, 6.07) is 1.13. The molecule has 0 aliphatic carbocycles. The van der Waals surface area contributed by atoms with Crippen molar-refractivity contribution in [1.29, 1.82) is 0 Å². The first-order valence-corrected chi connectivity index (χ1v) is 10.3. The average Bonchev–Trinajstić information content (AvgIpc) is 2.62. The zero-order chi connectivity index (χ0) is 17.6. The Morgan fingerprint density at radius 2 is 1.84 bits per heavy atom. The highest BCUT2D eigenvalue weighted by Crippen LogP contribution is 2.39. The summed E-state index contributed by atoms with van der Waals surface area (Å²) in [7, 11) is 0. The van der Waals surface area contributed by atoms with Crippen LogP contribution in [0.25, 0.3) is 0 Å². The first-order valence-electron chi connectivity index (χ1n) is 10.3. The Morgan fingerprint density at radius 1 is 1.08 bits per heavy atom. The summed E-state index contributed by atoms with van der Waals surface area (Å²) >= 11 is 0. The van der Waals surface area contributed by atoms with Crippen molar-refractivity contribution in [2.45, 2.75) is 64.5 Å². The largest absolute Gasteiger partial charge is 0.342 e. The minimum atomic E-state index is 0.112. The molecule has 0 aromatic heterocycles. The lowest BCUT2D eigenvalue weighted by Gasteiger charge is -2.54. The van der Waals surface area contributed by atoms with Gasteiger partial charge in [-0.15, -0.1) is 0 Å². The molecule has 4 heterocycles. The van der Waals surface area contributed by atoms with Crippen molar-refractivity contribution in [3.05, 3.63) is 0 Å². The van der Waals surface area contributed by atoms with E-state index in [1.165, 1.54) is 12.8 Å². The van der Waals surface area contributed by atoms with Gasteiger partial charge in [0, 0.05) is 57.1 Å². The number of fused-ring (bicyclic) bond motifs is 4. The SMILES string of the molecule is CC(C)C(=O)N1CCC(N2CC3CC(C2)[C@H]2CCCC(=O)N2C3)CC1. The maximum Gasteiger partial charge on any atom is 0.225 e. The van der Waals surface area contributed by atoms with E-state index in [-0.39, 0.29) is 5.92 Å². The molecule has 0 aromatic rings. The molecule has 0 aromatic carbocycles. The predicted molar refractivity (Wildman–Crippen MR) is 97.0 cm³/mol. The number of hydrogen-bond donors (Lipinski definition) is 0. The third-order valence-corrected chi connectivity index (χ3v) is 6.99. The molecule has 4 saturated heterocycles. The third kappa shape index (κ3) is 3.32. The van der Waals surface area contributed by atoms with Gasteiger partial charge in [-0.2, -0.15) is 0 Å². The van der Waals surface area contributed by atoms with Gasteiger partial charge >= 0.3 is 0 Å². The molecule has 3 atom stereocenters. The van der Waals surface area contributed by atoms with Crippen LogP contribution in [0.15, 0.2) is 0 Å². The fourth-order valence-electron chi connectivity index (χ4n) is 5.76. The molecule has 25 heavy (non-hydrogen) atoms. The fourth-order valence-corrected chi connectivity index (χ4v) is 5.76. The maximum absolute atomic E-state index is 12.3. The van der Waals surface area contributed by atoms with Crippen LogP contribution in [0.4, 0.5) is 0 Å². The van der Waals surface area contributed by atoms with E-state index in [2.05, 4.69) is 14.7 Å². The zero-order valence-corrected chi connectivity index (χ0v) is 15.8. The third-order valence-electron chi connectivity index (χ3n) is 6.99. The highest BCUT2D eigenvalue weighted by atomic mass is 16.2. The van der Waals surface area contributed by atoms with E-state index in [1.807, 2.05) is 13.8 Å². The highest BCUT2D eigenvalue weighted by molar-refractivity contribution is 5.78. The number of hydrogen-bond acceptors (Lipinski definition) is 3. The molecule has 4 aliphatic rings. The molecule has 0 saturated carbocycles. The van der Waals surface area contributed by atoms with E-state index in [9.17, 15) is 9.59 Å². The smallest absolute Gasteiger partial charge is 0.225 e. The molecule has 2 bridgehead atoms. The van der Waals surface area contributed by atoms with Crippen molar-refractivity contribution in [2.24, 2.45) is 17.8 Å². The summed E-state index contributed by atoms with van der Waals surface area (Å²) in [5, 5.41) is 0. The van der Waals surface area contributed by atoms with Crippen LogP contribution in [-0.4, -0.2) is 71.3 Å². The van der Waals surface area contributed by atoms with Gasteiger partial charge in [0.25, 0.3) is 0 Å². The average molecular weight is 348 g/mol. The van der Waals surface area contributed by atoms with E-state index in [1.54, 1.807) is 0 Å².